The Morgan fingerprint density at radius 2 is 1.96 bits per heavy atom. The number of piperidine rings is 1. The molecule has 0 radical (unpaired) electrons. The molecule has 146 valence electrons. The lowest BCUT2D eigenvalue weighted by molar-refractivity contribution is -0.123. The summed E-state index contributed by atoms with van der Waals surface area (Å²) in [7, 11) is 0. The number of amides is 2. The summed E-state index contributed by atoms with van der Waals surface area (Å²) in [5.74, 6) is 0.252. The number of pyridine rings is 1. The van der Waals surface area contributed by atoms with E-state index in [1.807, 2.05) is 18.2 Å². The first-order valence-electron chi connectivity index (χ1n) is 10.1. The lowest BCUT2D eigenvalue weighted by atomic mass is 9.94. The summed E-state index contributed by atoms with van der Waals surface area (Å²) in [6, 6.07) is 10.8. The van der Waals surface area contributed by atoms with Gasteiger partial charge in [0.15, 0.2) is 5.82 Å². The van der Waals surface area contributed by atoms with Gasteiger partial charge >= 0.3 is 0 Å². The molecule has 0 saturated carbocycles. The van der Waals surface area contributed by atoms with Crippen LogP contribution in [0.25, 0.3) is 0 Å². The summed E-state index contributed by atoms with van der Waals surface area (Å²) in [5, 5.41) is 2.89. The van der Waals surface area contributed by atoms with Gasteiger partial charge in [-0.15, -0.1) is 0 Å². The van der Waals surface area contributed by atoms with Crippen molar-refractivity contribution in [1.29, 1.82) is 0 Å². The summed E-state index contributed by atoms with van der Waals surface area (Å²) in [5.41, 5.74) is 1.67. The molecule has 1 aromatic heterocycles. The molecule has 0 aliphatic carbocycles. The average molecular weight is 378 g/mol. The second-order valence-corrected chi connectivity index (χ2v) is 7.49. The molecular formula is C22H26N4O2. The molecule has 1 N–H and O–H groups in total. The number of aromatic nitrogens is 1. The molecule has 4 rings (SSSR count). The molecule has 2 amide bonds. The van der Waals surface area contributed by atoms with Crippen LogP contribution in [0.4, 0.5) is 17.2 Å². The van der Waals surface area contributed by atoms with E-state index >= 15 is 0 Å². The van der Waals surface area contributed by atoms with Gasteiger partial charge in [-0.25, -0.2) is 4.98 Å². The smallest absolute Gasteiger partial charge is 0.257 e. The SMILES string of the molecule is CCCCN1CCC(C(=O)N2c3ccccc3C(=O)Nc3cccnc32)CC1. The maximum atomic E-state index is 13.6. The number of hydrogen-bond donors (Lipinski definition) is 1. The number of likely N-dealkylation sites (tertiary alicyclic amines) is 1. The number of hydrogen-bond acceptors (Lipinski definition) is 4. The number of nitrogens with one attached hydrogen (secondary N) is 1. The summed E-state index contributed by atoms with van der Waals surface area (Å²) < 4.78 is 0. The van der Waals surface area contributed by atoms with E-state index < -0.39 is 0 Å². The third-order valence-electron chi connectivity index (χ3n) is 5.62. The Morgan fingerprint density at radius 3 is 2.75 bits per heavy atom. The van der Waals surface area contributed by atoms with Gasteiger partial charge in [0, 0.05) is 12.1 Å². The number of carbonyl (C=O) groups is 2. The van der Waals surface area contributed by atoms with Crippen LogP contribution < -0.4 is 10.2 Å². The molecule has 3 heterocycles. The van der Waals surface area contributed by atoms with Crippen LogP contribution in [0.2, 0.25) is 0 Å². The van der Waals surface area contributed by atoms with Gasteiger partial charge in [-0.05, 0) is 63.2 Å². The molecule has 2 aromatic rings. The van der Waals surface area contributed by atoms with Crippen molar-refractivity contribution in [1.82, 2.24) is 9.88 Å². The standard InChI is InChI=1S/C22H26N4O2/c1-2-3-13-25-14-10-16(11-15-25)22(28)26-19-9-5-4-7-17(19)21(27)24-18-8-6-12-23-20(18)26/h4-9,12,16H,2-3,10-11,13-15H2,1H3,(H,24,27). The Kier molecular flexibility index (Phi) is 5.39. The zero-order valence-corrected chi connectivity index (χ0v) is 16.2. The minimum atomic E-state index is -0.213. The number of benzene rings is 1. The number of carbonyl (C=O) groups excluding carboxylic acids is 2. The van der Waals surface area contributed by atoms with Crippen molar-refractivity contribution in [2.45, 2.75) is 32.6 Å². The number of unbranched alkanes of at least 4 members (excludes halogenated alkanes) is 1. The summed E-state index contributed by atoms with van der Waals surface area (Å²) >= 11 is 0. The molecule has 1 saturated heterocycles. The normalized spacial score (nSPS) is 17.5. The fourth-order valence-electron chi connectivity index (χ4n) is 4.03. The summed E-state index contributed by atoms with van der Waals surface area (Å²) in [6.45, 7) is 5.19. The first-order chi connectivity index (χ1) is 13.7. The molecule has 0 bridgehead atoms. The summed E-state index contributed by atoms with van der Waals surface area (Å²) in [4.78, 5) is 34.8. The van der Waals surface area contributed by atoms with Gasteiger partial charge in [-0.3, -0.25) is 14.5 Å². The van der Waals surface area contributed by atoms with Crippen LogP contribution in [-0.4, -0.2) is 41.3 Å². The highest BCUT2D eigenvalue weighted by molar-refractivity contribution is 6.17. The number of anilines is 3. The Morgan fingerprint density at radius 1 is 1.18 bits per heavy atom. The van der Waals surface area contributed by atoms with Crippen LogP contribution >= 0.6 is 0 Å². The Bertz CT molecular complexity index is 874. The topological polar surface area (TPSA) is 65.5 Å². The molecule has 2 aliphatic rings. The quantitative estimate of drug-likeness (QED) is 0.878. The van der Waals surface area contributed by atoms with E-state index in [-0.39, 0.29) is 17.7 Å². The fourth-order valence-corrected chi connectivity index (χ4v) is 4.03. The second-order valence-electron chi connectivity index (χ2n) is 7.49. The van der Waals surface area contributed by atoms with Gasteiger partial charge in [0.1, 0.15) is 0 Å². The van der Waals surface area contributed by atoms with E-state index in [1.54, 1.807) is 29.3 Å². The molecule has 1 aromatic carbocycles. The zero-order chi connectivity index (χ0) is 19.5. The number of para-hydroxylation sites is 1. The highest BCUT2D eigenvalue weighted by Gasteiger charge is 2.35. The van der Waals surface area contributed by atoms with Crippen molar-refractivity contribution in [2.75, 3.05) is 29.9 Å². The van der Waals surface area contributed by atoms with Crippen LogP contribution in [-0.2, 0) is 4.79 Å². The largest absolute Gasteiger partial charge is 0.319 e. The van der Waals surface area contributed by atoms with Crippen LogP contribution in [0, 0.1) is 5.92 Å². The Hall–Kier alpha value is -2.73. The maximum Gasteiger partial charge on any atom is 0.257 e. The molecule has 6 nitrogen and oxygen atoms in total. The maximum absolute atomic E-state index is 13.6. The van der Waals surface area contributed by atoms with E-state index in [0.29, 0.717) is 22.8 Å². The molecule has 0 atom stereocenters. The molecule has 2 aliphatic heterocycles. The minimum Gasteiger partial charge on any atom is -0.319 e. The second kappa shape index (κ2) is 8.10. The highest BCUT2D eigenvalue weighted by Crippen LogP contribution is 2.38. The van der Waals surface area contributed by atoms with Crippen molar-refractivity contribution < 1.29 is 9.59 Å². The van der Waals surface area contributed by atoms with E-state index in [2.05, 4.69) is 22.1 Å². The predicted octanol–water partition coefficient (Wildman–Crippen LogP) is 3.82. The highest BCUT2D eigenvalue weighted by atomic mass is 16.2. The van der Waals surface area contributed by atoms with E-state index in [4.69, 9.17) is 0 Å². The van der Waals surface area contributed by atoms with Crippen molar-refractivity contribution in [3.8, 4) is 0 Å². The number of rotatable bonds is 4. The zero-order valence-electron chi connectivity index (χ0n) is 16.2. The molecule has 0 unspecified atom stereocenters. The van der Waals surface area contributed by atoms with Crippen molar-refractivity contribution in [3.05, 3.63) is 48.2 Å². The molecule has 28 heavy (non-hydrogen) atoms. The van der Waals surface area contributed by atoms with Gasteiger partial charge in [-0.1, -0.05) is 25.5 Å². The van der Waals surface area contributed by atoms with Gasteiger partial charge in [-0.2, -0.15) is 0 Å². The van der Waals surface area contributed by atoms with Crippen LogP contribution in [0.1, 0.15) is 43.0 Å². The van der Waals surface area contributed by atoms with Crippen LogP contribution in [0.5, 0.6) is 0 Å². The van der Waals surface area contributed by atoms with Gasteiger partial charge in [0.25, 0.3) is 5.91 Å². The fraction of sp³-hybridized carbons (Fsp3) is 0.409. The van der Waals surface area contributed by atoms with Gasteiger partial charge < -0.3 is 10.2 Å². The van der Waals surface area contributed by atoms with E-state index in [1.165, 1.54) is 12.8 Å². The lowest BCUT2D eigenvalue weighted by Crippen LogP contribution is -2.41. The van der Waals surface area contributed by atoms with Crippen molar-refractivity contribution in [2.24, 2.45) is 5.92 Å². The Labute approximate surface area is 165 Å². The first-order valence-corrected chi connectivity index (χ1v) is 10.1. The molecule has 1 fully saturated rings. The third-order valence-corrected chi connectivity index (χ3v) is 5.62. The van der Waals surface area contributed by atoms with Crippen molar-refractivity contribution >= 4 is 29.0 Å². The molecule has 0 spiro atoms. The van der Waals surface area contributed by atoms with E-state index in [9.17, 15) is 9.59 Å². The number of fused-ring (bicyclic) bond motifs is 2. The molecular weight excluding hydrogens is 352 g/mol. The van der Waals surface area contributed by atoms with E-state index in [0.717, 1.165) is 32.5 Å². The van der Waals surface area contributed by atoms with Crippen LogP contribution in [0.15, 0.2) is 42.6 Å². The molecule has 6 heteroatoms. The lowest BCUT2D eigenvalue weighted by Gasteiger charge is -2.34. The minimum absolute atomic E-state index is 0.0269. The van der Waals surface area contributed by atoms with Crippen LogP contribution in [0.3, 0.4) is 0 Å². The van der Waals surface area contributed by atoms with Gasteiger partial charge in [0.2, 0.25) is 5.91 Å². The predicted molar refractivity (Wildman–Crippen MR) is 110 cm³/mol. The summed E-state index contributed by atoms with van der Waals surface area (Å²) in [6.07, 6.45) is 5.72. The monoisotopic (exact) mass is 378 g/mol. The van der Waals surface area contributed by atoms with Crippen molar-refractivity contribution in [3.63, 3.8) is 0 Å². The first kappa shape index (κ1) is 18.6. The number of nitrogens with zero attached hydrogens (tertiary/aromatic N) is 3. The van der Waals surface area contributed by atoms with Gasteiger partial charge in [0.05, 0.1) is 16.9 Å². The Balaban J connectivity index is 1.64. The third kappa shape index (κ3) is 3.52. The average Bonchev–Trinajstić information content (AvgIpc) is 2.86.